The van der Waals surface area contributed by atoms with Crippen molar-refractivity contribution < 1.29 is 14.6 Å². The van der Waals surface area contributed by atoms with E-state index in [0.29, 0.717) is 22.1 Å². The molecule has 110 valence electrons. The fourth-order valence-corrected chi connectivity index (χ4v) is 1.87. The molecule has 0 saturated heterocycles. The largest absolute Gasteiger partial charge is 0.457 e. The quantitative estimate of drug-likeness (QED) is 0.891. The second kappa shape index (κ2) is 7.11. The molecule has 0 fully saturated rings. The highest BCUT2D eigenvalue weighted by Crippen LogP contribution is 2.24. The Kier molecular flexibility index (Phi) is 5.20. The maximum absolute atomic E-state index is 11.8. The Labute approximate surface area is 128 Å². The van der Waals surface area contributed by atoms with Gasteiger partial charge in [0.25, 0.3) is 5.91 Å². The number of halogens is 1. The van der Waals surface area contributed by atoms with Crippen LogP contribution in [0.5, 0.6) is 11.5 Å². The second-order valence-corrected chi connectivity index (χ2v) is 5.08. The number of carbonyl (C=O) groups excluding carboxylic acids is 1. The number of hydrogen-bond donors (Lipinski definition) is 2. The van der Waals surface area contributed by atoms with Gasteiger partial charge < -0.3 is 15.2 Å². The molecule has 0 bridgehead atoms. The molecule has 2 N–H and O–H groups in total. The van der Waals surface area contributed by atoms with Crippen molar-refractivity contribution in [1.29, 1.82) is 0 Å². The third kappa shape index (κ3) is 4.48. The monoisotopic (exact) mass is 305 g/mol. The van der Waals surface area contributed by atoms with E-state index in [2.05, 4.69) is 5.32 Å². The highest BCUT2D eigenvalue weighted by Gasteiger charge is 2.09. The van der Waals surface area contributed by atoms with Gasteiger partial charge in [0.15, 0.2) is 0 Å². The molecule has 0 spiro atoms. The number of aliphatic hydroxyl groups excluding tert-OH is 1. The molecular weight excluding hydrogens is 290 g/mol. The molecule has 0 aliphatic heterocycles. The zero-order valence-electron chi connectivity index (χ0n) is 11.5. The maximum atomic E-state index is 11.8. The molecule has 0 radical (unpaired) electrons. The van der Waals surface area contributed by atoms with Crippen LogP contribution in [0.25, 0.3) is 0 Å². The van der Waals surface area contributed by atoms with Crippen molar-refractivity contribution in [2.75, 3.05) is 6.61 Å². The molecule has 1 amide bonds. The first kappa shape index (κ1) is 15.4. The van der Waals surface area contributed by atoms with Gasteiger partial charge in [-0.3, -0.25) is 4.79 Å². The van der Waals surface area contributed by atoms with Gasteiger partial charge in [-0.25, -0.2) is 0 Å². The fourth-order valence-electron chi connectivity index (χ4n) is 1.69. The van der Waals surface area contributed by atoms with Crippen LogP contribution in [0.4, 0.5) is 0 Å². The SMILES string of the molecule is CC(CO)NC(=O)c1ccc(Oc2cccc(Cl)c2)cc1. The number of ether oxygens (including phenoxy) is 1. The first-order chi connectivity index (χ1) is 10.1. The van der Waals surface area contributed by atoms with Crippen molar-refractivity contribution >= 4 is 17.5 Å². The number of amides is 1. The Morgan fingerprint density at radius 2 is 1.95 bits per heavy atom. The van der Waals surface area contributed by atoms with Crippen molar-refractivity contribution in [1.82, 2.24) is 5.32 Å². The van der Waals surface area contributed by atoms with Gasteiger partial charge in [-0.15, -0.1) is 0 Å². The predicted molar refractivity (Wildman–Crippen MR) is 82.0 cm³/mol. The van der Waals surface area contributed by atoms with Crippen LogP contribution in [0.3, 0.4) is 0 Å². The molecule has 0 aliphatic rings. The van der Waals surface area contributed by atoms with Crippen LogP contribution < -0.4 is 10.1 Å². The highest BCUT2D eigenvalue weighted by atomic mass is 35.5. The summed E-state index contributed by atoms with van der Waals surface area (Å²) in [5, 5.41) is 12.2. The van der Waals surface area contributed by atoms with Gasteiger partial charge in [0.2, 0.25) is 0 Å². The summed E-state index contributed by atoms with van der Waals surface area (Å²) in [7, 11) is 0. The van der Waals surface area contributed by atoms with Crippen LogP contribution in [0.1, 0.15) is 17.3 Å². The van der Waals surface area contributed by atoms with Crippen molar-refractivity contribution in [3.63, 3.8) is 0 Å². The summed E-state index contributed by atoms with van der Waals surface area (Å²) in [5.74, 6) is 1.02. The van der Waals surface area contributed by atoms with Crippen LogP contribution in [0.2, 0.25) is 5.02 Å². The molecule has 0 saturated carbocycles. The Morgan fingerprint density at radius 3 is 2.57 bits per heavy atom. The first-order valence-corrected chi connectivity index (χ1v) is 6.91. The van der Waals surface area contributed by atoms with Crippen LogP contribution in [0.15, 0.2) is 48.5 Å². The molecular formula is C16H16ClNO3. The summed E-state index contributed by atoms with van der Waals surface area (Å²) < 4.78 is 5.64. The van der Waals surface area contributed by atoms with Crippen molar-refractivity contribution in [2.24, 2.45) is 0 Å². The topological polar surface area (TPSA) is 58.6 Å². The molecule has 4 nitrogen and oxygen atoms in total. The zero-order chi connectivity index (χ0) is 15.2. The third-order valence-corrected chi connectivity index (χ3v) is 3.03. The Bertz CT molecular complexity index is 613. The summed E-state index contributed by atoms with van der Waals surface area (Å²) in [6.45, 7) is 1.64. The van der Waals surface area contributed by atoms with Gasteiger partial charge in [0.05, 0.1) is 6.61 Å². The van der Waals surface area contributed by atoms with E-state index in [-0.39, 0.29) is 18.6 Å². The molecule has 0 aromatic heterocycles. The van der Waals surface area contributed by atoms with Crippen LogP contribution in [0, 0.1) is 0 Å². The minimum atomic E-state index is -0.278. The summed E-state index contributed by atoms with van der Waals surface area (Å²) >= 11 is 5.89. The van der Waals surface area contributed by atoms with E-state index in [4.69, 9.17) is 21.4 Å². The molecule has 0 heterocycles. The molecule has 2 aromatic carbocycles. The second-order valence-electron chi connectivity index (χ2n) is 4.64. The summed E-state index contributed by atoms with van der Waals surface area (Å²) in [6.07, 6.45) is 0. The fraction of sp³-hybridized carbons (Fsp3) is 0.188. The summed E-state index contributed by atoms with van der Waals surface area (Å²) in [5.41, 5.74) is 0.508. The Hall–Kier alpha value is -2.04. The number of carbonyl (C=O) groups is 1. The molecule has 2 aromatic rings. The van der Waals surface area contributed by atoms with E-state index >= 15 is 0 Å². The minimum Gasteiger partial charge on any atom is -0.457 e. The van der Waals surface area contributed by atoms with Crippen LogP contribution in [-0.2, 0) is 0 Å². The van der Waals surface area contributed by atoms with Gasteiger partial charge >= 0.3 is 0 Å². The van der Waals surface area contributed by atoms with Gasteiger partial charge in [0.1, 0.15) is 11.5 Å². The lowest BCUT2D eigenvalue weighted by molar-refractivity contribution is 0.0922. The summed E-state index contributed by atoms with van der Waals surface area (Å²) in [4.78, 5) is 11.8. The lowest BCUT2D eigenvalue weighted by Gasteiger charge is -2.11. The van der Waals surface area contributed by atoms with E-state index < -0.39 is 0 Å². The molecule has 21 heavy (non-hydrogen) atoms. The van der Waals surface area contributed by atoms with E-state index in [1.54, 1.807) is 55.5 Å². The molecule has 5 heteroatoms. The Morgan fingerprint density at radius 1 is 1.24 bits per heavy atom. The number of nitrogens with one attached hydrogen (secondary N) is 1. The van der Waals surface area contributed by atoms with Gasteiger partial charge in [-0.1, -0.05) is 17.7 Å². The zero-order valence-corrected chi connectivity index (χ0v) is 12.3. The van der Waals surface area contributed by atoms with E-state index in [1.165, 1.54) is 0 Å². The van der Waals surface area contributed by atoms with Gasteiger partial charge in [-0.2, -0.15) is 0 Å². The van der Waals surface area contributed by atoms with Gasteiger partial charge in [-0.05, 0) is 49.4 Å². The van der Waals surface area contributed by atoms with Crippen molar-refractivity contribution in [3.05, 3.63) is 59.1 Å². The van der Waals surface area contributed by atoms with Crippen molar-refractivity contribution in [2.45, 2.75) is 13.0 Å². The minimum absolute atomic E-state index is 0.0955. The predicted octanol–water partition coefficient (Wildman–Crippen LogP) is 3.24. The lowest BCUT2D eigenvalue weighted by Crippen LogP contribution is -2.34. The normalized spacial score (nSPS) is 11.8. The molecule has 0 aliphatic carbocycles. The number of aliphatic hydroxyl groups is 1. The number of rotatable bonds is 5. The maximum Gasteiger partial charge on any atom is 0.251 e. The standard InChI is InChI=1S/C16H16ClNO3/c1-11(10-19)18-16(20)12-5-7-14(8-6-12)21-15-4-2-3-13(17)9-15/h2-9,11,19H,10H2,1H3,(H,18,20). The van der Waals surface area contributed by atoms with E-state index in [9.17, 15) is 4.79 Å². The number of benzene rings is 2. The molecule has 1 unspecified atom stereocenters. The average molecular weight is 306 g/mol. The summed E-state index contributed by atoms with van der Waals surface area (Å²) in [6, 6.07) is 13.6. The van der Waals surface area contributed by atoms with Crippen LogP contribution >= 0.6 is 11.6 Å². The van der Waals surface area contributed by atoms with Crippen molar-refractivity contribution in [3.8, 4) is 11.5 Å². The lowest BCUT2D eigenvalue weighted by atomic mass is 10.2. The van der Waals surface area contributed by atoms with E-state index in [1.807, 2.05) is 0 Å². The average Bonchev–Trinajstić information content (AvgIpc) is 2.47. The van der Waals surface area contributed by atoms with Gasteiger partial charge in [0, 0.05) is 16.6 Å². The smallest absolute Gasteiger partial charge is 0.251 e. The first-order valence-electron chi connectivity index (χ1n) is 6.53. The van der Waals surface area contributed by atoms with E-state index in [0.717, 1.165) is 0 Å². The highest BCUT2D eigenvalue weighted by molar-refractivity contribution is 6.30. The third-order valence-electron chi connectivity index (χ3n) is 2.80. The Balaban J connectivity index is 2.03. The molecule has 2 rings (SSSR count). The molecule has 1 atom stereocenters. The number of hydrogen-bond acceptors (Lipinski definition) is 3. The van der Waals surface area contributed by atoms with Crippen LogP contribution in [-0.4, -0.2) is 23.7 Å².